The first-order valence-corrected chi connectivity index (χ1v) is 7.54. The Morgan fingerprint density at radius 1 is 1.17 bits per heavy atom. The normalized spacial score (nSPS) is 12.1. The molecule has 0 aliphatic carbocycles. The summed E-state index contributed by atoms with van der Waals surface area (Å²) >= 11 is 0. The first-order chi connectivity index (χ1) is 11.5. The molecular formula is C18H17N3O3. The van der Waals surface area contributed by atoms with Crippen molar-refractivity contribution >= 4 is 5.97 Å². The van der Waals surface area contributed by atoms with Crippen LogP contribution in [0.1, 0.15) is 34.6 Å². The van der Waals surface area contributed by atoms with Gasteiger partial charge >= 0.3 is 5.97 Å². The van der Waals surface area contributed by atoms with Crippen LogP contribution in [-0.2, 0) is 6.54 Å². The minimum atomic E-state index is -0.942. The summed E-state index contributed by atoms with van der Waals surface area (Å²) in [5.41, 5.74) is 3.35. The molecule has 1 aromatic heterocycles. The average Bonchev–Trinajstić information content (AvgIpc) is 3.04. The number of hydrogen-bond donors (Lipinski definition) is 2. The topological polar surface area (TPSA) is 88.2 Å². The predicted molar refractivity (Wildman–Crippen MR) is 88.6 cm³/mol. The highest BCUT2D eigenvalue weighted by Crippen LogP contribution is 2.24. The highest BCUT2D eigenvalue weighted by molar-refractivity contribution is 5.95. The molecule has 1 heterocycles. The lowest BCUT2D eigenvalue weighted by atomic mass is 9.99. The number of carbonyl (C=O) groups is 1. The molecule has 24 heavy (non-hydrogen) atoms. The Bertz CT molecular complexity index is 854. The molecule has 0 radical (unpaired) electrons. The molecule has 6 nitrogen and oxygen atoms in total. The van der Waals surface area contributed by atoms with Gasteiger partial charge in [-0.1, -0.05) is 47.7 Å². The van der Waals surface area contributed by atoms with Crippen molar-refractivity contribution in [3.63, 3.8) is 0 Å². The van der Waals surface area contributed by atoms with Gasteiger partial charge in [0.15, 0.2) is 0 Å². The van der Waals surface area contributed by atoms with Gasteiger partial charge in [0.1, 0.15) is 5.69 Å². The number of aliphatic hydroxyl groups is 1. The van der Waals surface area contributed by atoms with Crippen molar-refractivity contribution < 1.29 is 15.0 Å². The number of aromatic carboxylic acids is 1. The SMILES string of the molecule is CC(O)c1cn(Cc2ccc(-c3ccccc3C(=O)O)cc2)nn1. The van der Waals surface area contributed by atoms with Crippen molar-refractivity contribution in [2.24, 2.45) is 0 Å². The summed E-state index contributed by atoms with van der Waals surface area (Å²) < 4.78 is 1.66. The van der Waals surface area contributed by atoms with Crippen molar-refractivity contribution in [2.45, 2.75) is 19.6 Å². The number of hydrogen-bond acceptors (Lipinski definition) is 4. The van der Waals surface area contributed by atoms with Crippen molar-refractivity contribution in [1.82, 2.24) is 15.0 Å². The van der Waals surface area contributed by atoms with Crippen molar-refractivity contribution in [3.05, 3.63) is 71.5 Å². The Hall–Kier alpha value is -2.99. The minimum absolute atomic E-state index is 0.281. The maximum absolute atomic E-state index is 11.3. The fraction of sp³-hybridized carbons (Fsp3) is 0.167. The van der Waals surface area contributed by atoms with E-state index in [9.17, 15) is 15.0 Å². The van der Waals surface area contributed by atoms with E-state index in [1.807, 2.05) is 30.3 Å². The molecule has 3 aromatic rings. The van der Waals surface area contributed by atoms with Gasteiger partial charge in [-0.3, -0.25) is 0 Å². The van der Waals surface area contributed by atoms with Crippen LogP contribution in [0.15, 0.2) is 54.7 Å². The molecular weight excluding hydrogens is 306 g/mol. The third kappa shape index (κ3) is 3.33. The number of benzene rings is 2. The lowest BCUT2D eigenvalue weighted by molar-refractivity contribution is 0.0697. The summed E-state index contributed by atoms with van der Waals surface area (Å²) in [7, 11) is 0. The molecule has 0 spiro atoms. The summed E-state index contributed by atoms with van der Waals surface area (Å²) in [5, 5.41) is 26.6. The summed E-state index contributed by atoms with van der Waals surface area (Å²) in [4.78, 5) is 11.3. The summed E-state index contributed by atoms with van der Waals surface area (Å²) in [6.07, 6.45) is 1.06. The quantitative estimate of drug-likeness (QED) is 0.754. The molecule has 0 saturated heterocycles. The van der Waals surface area contributed by atoms with E-state index in [2.05, 4.69) is 10.3 Å². The number of carboxylic acid groups (broad SMARTS) is 1. The first kappa shape index (κ1) is 15.9. The molecule has 0 aliphatic heterocycles. The third-order valence-corrected chi connectivity index (χ3v) is 3.75. The number of nitrogens with zero attached hydrogens (tertiary/aromatic N) is 3. The van der Waals surface area contributed by atoms with Gasteiger partial charge in [-0.25, -0.2) is 9.48 Å². The van der Waals surface area contributed by atoms with Gasteiger partial charge in [-0.2, -0.15) is 0 Å². The van der Waals surface area contributed by atoms with Crippen LogP contribution in [0.25, 0.3) is 11.1 Å². The fourth-order valence-corrected chi connectivity index (χ4v) is 2.48. The van der Waals surface area contributed by atoms with Gasteiger partial charge in [-0.15, -0.1) is 5.10 Å². The second-order valence-corrected chi connectivity index (χ2v) is 5.56. The van der Waals surface area contributed by atoms with Crippen LogP contribution in [0.4, 0.5) is 0 Å². The van der Waals surface area contributed by atoms with Crippen LogP contribution in [0, 0.1) is 0 Å². The van der Waals surface area contributed by atoms with Gasteiger partial charge in [-0.05, 0) is 29.7 Å². The van der Waals surface area contributed by atoms with Gasteiger partial charge in [0.2, 0.25) is 0 Å². The molecule has 1 unspecified atom stereocenters. The number of rotatable bonds is 5. The minimum Gasteiger partial charge on any atom is -0.478 e. The molecule has 3 rings (SSSR count). The van der Waals surface area contributed by atoms with Crippen LogP contribution in [0.3, 0.4) is 0 Å². The Morgan fingerprint density at radius 2 is 1.88 bits per heavy atom. The molecule has 1 atom stereocenters. The number of aromatic nitrogens is 3. The molecule has 0 aliphatic rings. The Balaban J connectivity index is 1.82. The maximum Gasteiger partial charge on any atom is 0.336 e. The molecule has 2 N–H and O–H groups in total. The second-order valence-electron chi connectivity index (χ2n) is 5.56. The maximum atomic E-state index is 11.3. The largest absolute Gasteiger partial charge is 0.478 e. The zero-order valence-corrected chi connectivity index (χ0v) is 13.1. The standard InChI is InChI=1S/C18H17N3O3/c1-12(22)17-11-21(20-19-17)10-13-6-8-14(9-7-13)15-4-2-3-5-16(15)18(23)24/h2-9,11-12,22H,10H2,1H3,(H,23,24). The zero-order chi connectivity index (χ0) is 17.1. The van der Waals surface area contributed by atoms with Crippen molar-refractivity contribution in [2.75, 3.05) is 0 Å². The fourth-order valence-electron chi connectivity index (χ4n) is 2.48. The third-order valence-electron chi connectivity index (χ3n) is 3.75. The van der Waals surface area contributed by atoms with Crippen LogP contribution in [0.2, 0.25) is 0 Å². The summed E-state index contributed by atoms with van der Waals surface area (Å²) in [6.45, 7) is 2.17. The van der Waals surface area contributed by atoms with E-state index in [1.54, 1.807) is 36.0 Å². The van der Waals surface area contributed by atoms with Gasteiger partial charge in [0.05, 0.1) is 24.4 Å². The van der Waals surface area contributed by atoms with E-state index in [-0.39, 0.29) is 5.56 Å². The van der Waals surface area contributed by atoms with Crippen LogP contribution >= 0.6 is 0 Å². The van der Waals surface area contributed by atoms with E-state index < -0.39 is 12.1 Å². The van der Waals surface area contributed by atoms with Crippen LogP contribution in [0.5, 0.6) is 0 Å². The highest BCUT2D eigenvalue weighted by Gasteiger charge is 2.11. The van der Waals surface area contributed by atoms with Crippen LogP contribution in [-0.4, -0.2) is 31.2 Å². The van der Waals surface area contributed by atoms with E-state index >= 15 is 0 Å². The lowest BCUT2D eigenvalue weighted by Crippen LogP contribution is -2.01. The van der Waals surface area contributed by atoms with Gasteiger partial charge < -0.3 is 10.2 Å². The molecule has 0 fully saturated rings. The molecule has 2 aromatic carbocycles. The average molecular weight is 323 g/mol. The number of aliphatic hydroxyl groups excluding tert-OH is 1. The van der Waals surface area contributed by atoms with E-state index in [0.717, 1.165) is 11.1 Å². The lowest BCUT2D eigenvalue weighted by Gasteiger charge is -2.07. The molecule has 0 amide bonds. The predicted octanol–water partition coefficient (Wildman–Crippen LogP) is 2.74. The van der Waals surface area contributed by atoms with Crippen LogP contribution < -0.4 is 0 Å². The highest BCUT2D eigenvalue weighted by atomic mass is 16.4. The first-order valence-electron chi connectivity index (χ1n) is 7.54. The Kier molecular flexibility index (Phi) is 4.39. The summed E-state index contributed by atoms with van der Waals surface area (Å²) in [5.74, 6) is -0.942. The smallest absolute Gasteiger partial charge is 0.336 e. The van der Waals surface area contributed by atoms with E-state index in [0.29, 0.717) is 17.8 Å². The molecule has 0 bridgehead atoms. The Labute approximate surface area is 139 Å². The Morgan fingerprint density at radius 3 is 2.50 bits per heavy atom. The van der Waals surface area contributed by atoms with Gasteiger partial charge in [0.25, 0.3) is 0 Å². The summed E-state index contributed by atoms with van der Waals surface area (Å²) in [6, 6.07) is 14.6. The second kappa shape index (κ2) is 6.64. The molecule has 0 saturated carbocycles. The van der Waals surface area contributed by atoms with Gasteiger partial charge in [0, 0.05) is 0 Å². The van der Waals surface area contributed by atoms with E-state index in [4.69, 9.17) is 0 Å². The monoisotopic (exact) mass is 323 g/mol. The molecule has 6 heteroatoms. The van der Waals surface area contributed by atoms with Crippen molar-refractivity contribution in [3.8, 4) is 11.1 Å². The van der Waals surface area contributed by atoms with E-state index in [1.165, 1.54) is 0 Å². The molecule has 122 valence electrons. The number of carboxylic acids is 1. The van der Waals surface area contributed by atoms with Crippen molar-refractivity contribution in [1.29, 1.82) is 0 Å². The zero-order valence-electron chi connectivity index (χ0n) is 13.1.